The summed E-state index contributed by atoms with van der Waals surface area (Å²) in [4.78, 5) is 22.9. The summed E-state index contributed by atoms with van der Waals surface area (Å²) in [6.45, 7) is 10.9. The fourth-order valence-electron chi connectivity index (χ4n) is 5.48. The number of carbonyl (C=O) groups excluding carboxylic acids is 1. The number of esters is 1. The van der Waals surface area contributed by atoms with Crippen molar-refractivity contribution in [1.82, 2.24) is 0 Å². The molecule has 2 aliphatic rings. The number of ether oxygens (including phenoxy) is 1. The summed E-state index contributed by atoms with van der Waals surface area (Å²) in [5.74, 6) is -0.0114. The van der Waals surface area contributed by atoms with E-state index < -0.39 is 5.97 Å². The van der Waals surface area contributed by atoms with Gasteiger partial charge in [0.1, 0.15) is 0 Å². The van der Waals surface area contributed by atoms with Crippen LogP contribution in [-0.2, 0) is 25.2 Å². The van der Waals surface area contributed by atoms with E-state index in [1.165, 1.54) is 11.1 Å². The molecule has 3 N–H and O–H groups in total. The molecule has 0 spiro atoms. The molecule has 194 valence electrons. The van der Waals surface area contributed by atoms with Gasteiger partial charge in [0, 0.05) is 17.9 Å². The van der Waals surface area contributed by atoms with Crippen LogP contribution in [0.5, 0.6) is 0 Å². The summed E-state index contributed by atoms with van der Waals surface area (Å²) in [7, 11) is 1.00. The van der Waals surface area contributed by atoms with Gasteiger partial charge in [0.15, 0.2) is 0 Å². The summed E-state index contributed by atoms with van der Waals surface area (Å²) in [5, 5.41) is 16.1. The quantitative estimate of drug-likeness (QED) is 0.453. The smallest absolute Gasteiger partial charge is 0.870 e. The summed E-state index contributed by atoms with van der Waals surface area (Å²) < 4.78 is 5.15. The summed E-state index contributed by atoms with van der Waals surface area (Å²) >= 11 is 0. The largest absolute Gasteiger partial charge is 1.00 e. The first kappa shape index (κ1) is 33.9. The maximum absolute atomic E-state index is 11.9. The van der Waals surface area contributed by atoms with Gasteiger partial charge in [-0.05, 0) is 42.7 Å². The van der Waals surface area contributed by atoms with Crippen molar-refractivity contribution in [3.05, 3.63) is 71.8 Å². The molecule has 0 heterocycles. The van der Waals surface area contributed by atoms with Crippen molar-refractivity contribution in [3.8, 4) is 0 Å². The molecule has 0 saturated heterocycles. The van der Waals surface area contributed by atoms with Crippen LogP contribution in [0.25, 0.3) is 0 Å². The number of benzene rings is 2. The van der Waals surface area contributed by atoms with Crippen molar-refractivity contribution >= 4 is 11.9 Å². The Kier molecular flexibility index (Phi) is 13.7. The number of carboxylic acid groups (broad SMARTS) is 1. The average Bonchev–Trinajstić information content (AvgIpc) is 3.75. The third kappa shape index (κ3) is 6.80. The molecular weight excluding hydrogens is 451 g/mol. The van der Waals surface area contributed by atoms with E-state index in [0.29, 0.717) is 18.4 Å². The van der Waals surface area contributed by atoms with Gasteiger partial charge in [-0.3, -0.25) is 9.59 Å². The molecule has 2 saturated carbocycles. The topological polar surface area (TPSA) is 114 Å². The molecular formula is C29H41LiO6. The van der Waals surface area contributed by atoms with Crippen LogP contribution in [0.2, 0.25) is 0 Å². The standard InChI is InChI=1S/C15H20O2.C13H16O2.CH4O.Li.H2O/c1-4-17-14(16)13-10-15(13,11(2)3)12-8-6-5-7-9-12;1-9(2)13(8-11(13)12(14)15)10-6-4-3-5-7-10;1-2;;/h5-9,11,13H,4,10H2,1-3H3;3-7,9,11H,8H2,1-2H3,(H,14,15);2H,1H3;;1H2/q;;;+1;/p-1. The predicted molar refractivity (Wildman–Crippen MR) is 136 cm³/mol. The molecule has 0 aromatic heterocycles. The molecule has 6 nitrogen and oxygen atoms in total. The number of aliphatic hydroxyl groups excluding tert-OH is 1. The third-order valence-corrected chi connectivity index (χ3v) is 7.56. The van der Waals surface area contributed by atoms with Crippen LogP contribution in [0, 0.1) is 23.7 Å². The number of hydrogen-bond acceptors (Lipinski definition) is 5. The maximum atomic E-state index is 11.9. The molecule has 0 bridgehead atoms. The molecule has 36 heavy (non-hydrogen) atoms. The van der Waals surface area contributed by atoms with E-state index in [0.717, 1.165) is 20.0 Å². The van der Waals surface area contributed by atoms with Crippen LogP contribution in [0.1, 0.15) is 58.6 Å². The van der Waals surface area contributed by atoms with Crippen LogP contribution in [-0.4, -0.2) is 41.3 Å². The first-order valence-electron chi connectivity index (χ1n) is 12.2. The molecule has 0 amide bonds. The second kappa shape index (κ2) is 14.6. The first-order chi connectivity index (χ1) is 16.2. The second-order valence-electron chi connectivity index (χ2n) is 9.73. The van der Waals surface area contributed by atoms with Crippen molar-refractivity contribution in [1.29, 1.82) is 0 Å². The molecule has 2 aromatic carbocycles. The Balaban J connectivity index is 0.000000609. The van der Waals surface area contributed by atoms with Crippen molar-refractivity contribution < 1.29 is 48.9 Å². The van der Waals surface area contributed by atoms with Gasteiger partial charge in [-0.25, -0.2) is 0 Å². The van der Waals surface area contributed by atoms with Crippen LogP contribution >= 0.6 is 0 Å². The Bertz CT molecular complexity index is 933. The van der Waals surface area contributed by atoms with Gasteiger partial charge in [-0.2, -0.15) is 0 Å². The summed E-state index contributed by atoms with van der Waals surface area (Å²) in [6.07, 6.45) is 1.71. The van der Waals surface area contributed by atoms with Crippen LogP contribution < -0.4 is 18.9 Å². The van der Waals surface area contributed by atoms with Gasteiger partial charge in [0.05, 0.1) is 18.4 Å². The van der Waals surface area contributed by atoms with Crippen LogP contribution in [0.4, 0.5) is 0 Å². The van der Waals surface area contributed by atoms with Gasteiger partial charge in [0.2, 0.25) is 0 Å². The van der Waals surface area contributed by atoms with Gasteiger partial charge in [-0.15, -0.1) is 0 Å². The Morgan fingerprint density at radius 3 is 1.50 bits per heavy atom. The SMILES string of the molecule is CC(C)C1(c2ccccc2)CC1C(=O)O.CCOC(=O)C1CC1(c1ccccc1)C(C)C.CO.[Li+].[OH-]. The van der Waals surface area contributed by atoms with Crippen LogP contribution in [0.15, 0.2) is 60.7 Å². The average molecular weight is 493 g/mol. The molecule has 0 radical (unpaired) electrons. The Morgan fingerprint density at radius 2 is 1.19 bits per heavy atom. The van der Waals surface area contributed by atoms with E-state index in [9.17, 15) is 9.59 Å². The molecule has 4 rings (SSSR count). The maximum Gasteiger partial charge on any atom is 1.00 e. The third-order valence-electron chi connectivity index (χ3n) is 7.56. The number of rotatable bonds is 7. The van der Waals surface area contributed by atoms with Gasteiger partial charge < -0.3 is 20.4 Å². The normalized spacial score (nSPS) is 25.0. The fourth-order valence-corrected chi connectivity index (χ4v) is 5.48. The number of carboxylic acids is 1. The minimum atomic E-state index is -0.660. The minimum Gasteiger partial charge on any atom is -0.870 e. The van der Waals surface area contributed by atoms with Gasteiger partial charge in [-0.1, -0.05) is 88.4 Å². The van der Waals surface area contributed by atoms with E-state index in [-0.39, 0.29) is 53.0 Å². The predicted octanol–water partition coefficient (Wildman–Crippen LogP) is 2.28. The zero-order valence-corrected chi connectivity index (χ0v) is 22.8. The van der Waals surface area contributed by atoms with E-state index in [1.54, 1.807) is 0 Å². The molecule has 2 fully saturated rings. The van der Waals surface area contributed by atoms with E-state index in [2.05, 4.69) is 39.8 Å². The Hall–Kier alpha value is -2.10. The zero-order chi connectivity index (χ0) is 25.5. The summed E-state index contributed by atoms with van der Waals surface area (Å²) in [5.41, 5.74) is 2.33. The number of carbonyl (C=O) groups is 2. The zero-order valence-electron chi connectivity index (χ0n) is 22.8. The van der Waals surface area contributed by atoms with Crippen molar-refractivity contribution in [2.75, 3.05) is 13.7 Å². The molecule has 7 heteroatoms. The molecule has 4 atom stereocenters. The van der Waals surface area contributed by atoms with Gasteiger partial charge in [0.25, 0.3) is 0 Å². The first-order valence-corrected chi connectivity index (χ1v) is 12.2. The van der Waals surface area contributed by atoms with Crippen molar-refractivity contribution in [2.45, 2.75) is 58.3 Å². The Labute approximate surface area is 227 Å². The monoisotopic (exact) mass is 492 g/mol. The molecule has 2 aliphatic carbocycles. The second-order valence-corrected chi connectivity index (χ2v) is 9.73. The molecule has 4 unspecified atom stereocenters. The summed E-state index contributed by atoms with van der Waals surface area (Å²) in [6, 6.07) is 20.4. The van der Waals surface area contributed by atoms with Crippen molar-refractivity contribution in [2.24, 2.45) is 23.7 Å². The fraction of sp³-hybridized carbons (Fsp3) is 0.517. The minimum absolute atomic E-state index is 0. The number of aliphatic hydroxyl groups is 1. The van der Waals surface area contributed by atoms with Crippen LogP contribution in [0.3, 0.4) is 0 Å². The number of aliphatic carboxylic acids is 1. The van der Waals surface area contributed by atoms with E-state index >= 15 is 0 Å². The molecule has 2 aromatic rings. The number of hydrogen-bond donors (Lipinski definition) is 2. The van der Waals surface area contributed by atoms with Gasteiger partial charge >= 0.3 is 30.8 Å². The van der Waals surface area contributed by atoms with E-state index in [1.807, 2.05) is 55.5 Å². The Morgan fingerprint density at radius 1 is 0.833 bits per heavy atom. The van der Waals surface area contributed by atoms with Crippen molar-refractivity contribution in [3.63, 3.8) is 0 Å². The molecule has 0 aliphatic heterocycles. The van der Waals surface area contributed by atoms with E-state index in [4.69, 9.17) is 14.9 Å².